The lowest BCUT2D eigenvalue weighted by molar-refractivity contribution is -0.404. The molecule has 3 saturated carbocycles. The number of halogens is 6. The first-order valence-electron chi connectivity index (χ1n) is 14.1. The molecule has 1 saturated heterocycles. The second kappa shape index (κ2) is 9.40. The summed E-state index contributed by atoms with van der Waals surface area (Å²) < 4.78 is 96.0. The number of fused-ring (bicyclic) bond motifs is 1. The van der Waals surface area contributed by atoms with Crippen molar-refractivity contribution in [2.24, 2.45) is 10.8 Å². The average molecular weight is 606 g/mol. The highest BCUT2D eigenvalue weighted by molar-refractivity contribution is 5.81. The van der Waals surface area contributed by atoms with Crippen LogP contribution < -0.4 is 4.74 Å². The molecule has 0 unspecified atom stereocenters. The first kappa shape index (κ1) is 30.7. The molecule has 0 radical (unpaired) electrons. The first-order valence-corrected chi connectivity index (χ1v) is 14.1. The van der Waals surface area contributed by atoms with Crippen LogP contribution in [0.3, 0.4) is 0 Å². The van der Waals surface area contributed by atoms with Gasteiger partial charge in [-0.3, -0.25) is 4.90 Å². The number of likely N-dealkylation sites (tertiary alicyclic amines) is 1. The molecule has 2 aromatic rings. The Morgan fingerprint density at radius 2 is 1.71 bits per heavy atom. The number of hydrogen-bond acceptors (Lipinski definition) is 5. The topological polar surface area (TPSA) is 76.8 Å². The number of hydrogen-bond donors (Lipinski definition) is 1. The molecule has 2 heterocycles. The number of rotatable bonds is 5. The SMILES string of the molecule is CC(C)n1cnc2cc(OC[C@@H]3C[C@@](O)(C45CC(C(F)(F)F)(C4)C5)C[C@H](C)N3C(=O)OC(C)(C)C)cc(C(F)(F)F)c21. The number of ether oxygens (including phenoxy) is 2. The molecule has 3 aliphatic carbocycles. The van der Waals surface area contributed by atoms with Gasteiger partial charge in [0.15, 0.2) is 0 Å². The number of imidazole rings is 1. The van der Waals surface area contributed by atoms with Gasteiger partial charge in [-0.15, -0.1) is 0 Å². The van der Waals surface area contributed by atoms with E-state index in [4.69, 9.17) is 9.47 Å². The third kappa shape index (κ3) is 4.89. The van der Waals surface area contributed by atoms with Crippen LogP contribution in [0.15, 0.2) is 18.5 Å². The van der Waals surface area contributed by atoms with E-state index in [1.54, 1.807) is 41.5 Å². The Labute approximate surface area is 240 Å². The van der Waals surface area contributed by atoms with Crippen molar-refractivity contribution in [1.82, 2.24) is 14.5 Å². The Balaban J connectivity index is 1.44. The maximum atomic E-state index is 14.1. The summed E-state index contributed by atoms with van der Waals surface area (Å²) in [4.78, 5) is 18.8. The van der Waals surface area contributed by atoms with Crippen molar-refractivity contribution in [3.05, 3.63) is 24.0 Å². The fraction of sp³-hybridized carbons (Fsp3) is 0.724. The van der Waals surface area contributed by atoms with Crippen molar-refractivity contribution in [3.8, 4) is 5.75 Å². The van der Waals surface area contributed by atoms with Crippen LogP contribution in [-0.2, 0) is 10.9 Å². The van der Waals surface area contributed by atoms with Crippen molar-refractivity contribution in [3.63, 3.8) is 0 Å². The van der Waals surface area contributed by atoms with Crippen molar-refractivity contribution < 1.29 is 45.7 Å². The van der Waals surface area contributed by atoms with E-state index < -0.39 is 58.1 Å². The highest BCUT2D eigenvalue weighted by Gasteiger charge is 2.83. The second-order valence-electron chi connectivity index (χ2n) is 13.8. The Hall–Kier alpha value is -2.70. The summed E-state index contributed by atoms with van der Waals surface area (Å²) >= 11 is 0. The van der Waals surface area contributed by atoms with Crippen LogP contribution >= 0.6 is 0 Å². The minimum atomic E-state index is -4.70. The average Bonchev–Trinajstić information content (AvgIpc) is 3.15. The molecule has 6 rings (SSSR count). The Bertz CT molecular complexity index is 1360. The molecule has 7 nitrogen and oxygen atoms in total. The van der Waals surface area contributed by atoms with Gasteiger partial charge >= 0.3 is 18.4 Å². The summed E-state index contributed by atoms with van der Waals surface area (Å²) in [7, 11) is 0. The van der Waals surface area contributed by atoms with Crippen molar-refractivity contribution in [1.29, 1.82) is 0 Å². The highest BCUT2D eigenvalue weighted by atomic mass is 19.4. The third-order valence-corrected chi connectivity index (χ3v) is 9.24. The standard InChI is InChI=1S/C29H37F6N3O4/c1-16(2)37-15-36-21-8-19(7-20(22(21)37)28(30,31)32)41-11-18-10-27(40,25-12-26(13-25,14-25)29(33,34)35)9-17(3)38(18)23(39)42-24(4,5)6/h7-8,15-18,40H,9-14H2,1-6H3/t17-,18-,25?,26?,27+/m0/s1. The van der Waals surface area contributed by atoms with Gasteiger partial charge in [-0.1, -0.05) is 0 Å². The molecular formula is C29H37F6N3O4. The number of carbonyl (C=O) groups is 1. The highest BCUT2D eigenvalue weighted by Crippen LogP contribution is 2.82. The van der Waals surface area contributed by atoms with Gasteiger partial charge in [-0.05, 0) is 73.3 Å². The molecule has 3 atom stereocenters. The van der Waals surface area contributed by atoms with Crippen LogP contribution in [0.4, 0.5) is 31.1 Å². The van der Waals surface area contributed by atoms with E-state index in [0.717, 1.165) is 6.07 Å². The minimum absolute atomic E-state index is 0.0491. The van der Waals surface area contributed by atoms with Gasteiger partial charge < -0.3 is 19.1 Å². The van der Waals surface area contributed by atoms with E-state index in [-0.39, 0.29) is 61.5 Å². The van der Waals surface area contributed by atoms with Gasteiger partial charge in [-0.25, -0.2) is 9.78 Å². The summed E-state index contributed by atoms with van der Waals surface area (Å²) in [5, 5.41) is 11.8. The van der Waals surface area contributed by atoms with Crippen LogP contribution in [-0.4, -0.2) is 61.7 Å². The predicted octanol–water partition coefficient (Wildman–Crippen LogP) is 7.27. The zero-order valence-corrected chi connectivity index (χ0v) is 24.5. The fourth-order valence-corrected chi connectivity index (χ4v) is 7.35. The number of nitrogens with zero attached hydrogens (tertiary/aromatic N) is 3. The van der Waals surface area contributed by atoms with Crippen LogP contribution in [0.1, 0.15) is 85.3 Å². The number of carbonyl (C=O) groups excluding carboxylic acids is 1. The molecule has 1 aromatic heterocycles. The van der Waals surface area contributed by atoms with Crippen LogP contribution in [0.2, 0.25) is 0 Å². The largest absolute Gasteiger partial charge is 0.491 e. The molecular weight excluding hydrogens is 568 g/mol. The van der Waals surface area contributed by atoms with Crippen molar-refractivity contribution >= 4 is 17.1 Å². The maximum absolute atomic E-state index is 14.1. The van der Waals surface area contributed by atoms with E-state index in [0.29, 0.717) is 0 Å². The van der Waals surface area contributed by atoms with E-state index >= 15 is 0 Å². The fourth-order valence-electron chi connectivity index (χ4n) is 7.35. The number of aromatic nitrogens is 2. The normalized spacial score (nSPS) is 31.6. The number of amides is 1. The molecule has 1 aromatic carbocycles. The monoisotopic (exact) mass is 605 g/mol. The molecule has 1 amide bonds. The summed E-state index contributed by atoms with van der Waals surface area (Å²) in [6.07, 6.45) is -9.02. The Morgan fingerprint density at radius 3 is 2.24 bits per heavy atom. The molecule has 2 bridgehead atoms. The first-order chi connectivity index (χ1) is 19.1. The van der Waals surface area contributed by atoms with E-state index in [1.165, 1.54) is 21.9 Å². The van der Waals surface area contributed by atoms with Gasteiger partial charge in [0.1, 0.15) is 18.0 Å². The smallest absolute Gasteiger partial charge is 0.418 e. The molecule has 13 heteroatoms. The summed E-state index contributed by atoms with van der Waals surface area (Å²) in [6, 6.07) is 0.488. The lowest BCUT2D eigenvalue weighted by atomic mass is 9.29. The molecule has 4 aliphatic rings. The lowest BCUT2D eigenvalue weighted by Crippen LogP contribution is -2.78. The van der Waals surface area contributed by atoms with Crippen LogP contribution in [0, 0.1) is 10.8 Å². The maximum Gasteiger partial charge on any atom is 0.418 e. The van der Waals surface area contributed by atoms with Crippen molar-refractivity contribution in [2.45, 2.75) is 115 Å². The van der Waals surface area contributed by atoms with E-state index in [2.05, 4.69) is 4.98 Å². The lowest BCUT2D eigenvalue weighted by Gasteiger charge is -2.76. The molecule has 1 aliphatic heterocycles. The number of benzene rings is 1. The summed E-state index contributed by atoms with van der Waals surface area (Å²) in [5.74, 6) is -0.128. The zero-order chi connectivity index (χ0) is 31.3. The van der Waals surface area contributed by atoms with Crippen LogP contribution in [0.5, 0.6) is 5.75 Å². The number of piperidine rings is 1. The summed E-state index contributed by atoms with van der Waals surface area (Å²) in [6.45, 7) is 9.91. The second-order valence-corrected chi connectivity index (χ2v) is 13.8. The Morgan fingerprint density at radius 1 is 1.10 bits per heavy atom. The molecule has 0 spiro atoms. The third-order valence-electron chi connectivity index (χ3n) is 9.24. The minimum Gasteiger partial charge on any atom is -0.491 e. The van der Waals surface area contributed by atoms with Gasteiger partial charge in [0.2, 0.25) is 0 Å². The van der Waals surface area contributed by atoms with Gasteiger partial charge in [-0.2, -0.15) is 26.3 Å². The number of aliphatic hydroxyl groups is 1. The molecule has 234 valence electrons. The van der Waals surface area contributed by atoms with Gasteiger partial charge in [0.05, 0.1) is 40.0 Å². The van der Waals surface area contributed by atoms with Gasteiger partial charge in [0.25, 0.3) is 0 Å². The molecule has 1 N–H and O–H groups in total. The zero-order valence-electron chi connectivity index (χ0n) is 24.5. The quantitative estimate of drug-likeness (QED) is 0.363. The van der Waals surface area contributed by atoms with E-state index in [9.17, 15) is 36.2 Å². The molecule has 42 heavy (non-hydrogen) atoms. The van der Waals surface area contributed by atoms with Crippen LogP contribution in [0.25, 0.3) is 11.0 Å². The Kier molecular flexibility index (Phi) is 6.88. The van der Waals surface area contributed by atoms with E-state index in [1.807, 2.05) is 0 Å². The molecule has 4 fully saturated rings. The number of alkyl halides is 6. The van der Waals surface area contributed by atoms with Crippen molar-refractivity contribution in [2.75, 3.05) is 6.61 Å². The predicted molar refractivity (Wildman–Crippen MR) is 141 cm³/mol. The summed E-state index contributed by atoms with van der Waals surface area (Å²) in [5.41, 5.74) is -6.00. The van der Waals surface area contributed by atoms with Gasteiger partial charge in [0, 0.05) is 30.0 Å².